The summed E-state index contributed by atoms with van der Waals surface area (Å²) in [5.41, 5.74) is 0. The summed E-state index contributed by atoms with van der Waals surface area (Å²) in [6.45, 7) is 1.81. The number of ether oxygens (including phenoxy) is 1. The van der Waals surface area contributed by atoms with E-state index in [0.717, 1.165) is 13.8 Å². The van der Waals surface area contributed by atoms with E-state index in [1.807, 2.05) is 0 Å². The zero-order valence-corrected chi connectivity index (χ0v) is 8.29. The number of hydrogen-bond donors (Lipinski definition) is 0. The van der Waals surface area contributed by atoms with Crippen molar-refractivity contribution in [2.75, 3.05) is 0 Å². The minimum atomic E-state index is -5.32. The van der Waals surface area contributed by atoms with Crippen LogP contribution in [0.3, 0.4) is 0 Å². The lowest BCUT2D eigenvalue weighted by atomic mass is 10.2. The molecule has 1 atom stereocenters. The maximum absolute atomic E-state index is 12.8. The zero-order chi connectivity index (χ0) is 13.1. The Hall–Kier alpha value is -0.790. The Morgan fingerprint density at radius 3 is 1.75 bits per heavy atom. The van der Waals surface area contributed by atoms with E-state index < -0.39 is 36.5 Å². The van der Waals surface area contributed by atoms with E-state index in [1.165, 1.54) is 0 Å². The molecular formula is C8H9F7O. The fourth-order valence-electron chi connectivity index (χ4n) is 0.615. The van der Waals surface area contributed by atoms with Crippen molar-refractivity contribution in [2.45, 2.75) is 32.2 Å². The molecule has 0 bridgehead atoms. The second-order valence-corrected chi connectivity index (χ2v) is 3.25. The predicted molar refractivity (Wildman–Crippen MR) is 41.0 cm³/mol. The van der Waals surface area contributed by atoms with Gasteiger partial charge in [0.15, 0.2) is 6.10 Å². The number of hydrogen-bond acceptors (Lipinski definition) is 1. The molecule has 0 aliphatic heterocycles. The lowest BCUT2D eigenvalue weighted by molar-refractivity contribution is -0.328. The van der Waals surface area contributed by atoms with Gasteiger partial charge in [-0.3, -0.25) is 0 Å². The highest BCUT2D eigenvalue weighted by Crippen LogP contribution is 2.34. The van der Waals surface area contributed by atoms with Crippen molar-refractivity contribution in [1.29, 1.82) is 0 Å². The van der Waals surface area contributed by atoms with Gasteiger partial charge in [0.1, 0.15) is 0 Å². The van der Waals surface area contributed by atoms with Crippen LogP contribution in [0.5, 0.6) is 0 Å². The van der Waals surface area contributed by atoms with E-state index in [9.17, 15) is 30.7 Å². The van der Waals surface area contributed by atoms with Crippen LogP contribution in [0.25, 0.3) is 0 Å². The standard InChI is InChI=1S/C8H9F7O/c1-4(2)8(14,15)16-5(3-6(9)10)7(11,12)13/h3-5H,1-2H3. The van der Waals surface area contributed by atoms with Crippen LogP contribution >= 0.6 is 0 Å². The lowest BCUT2D eigenvalue weighted by Crippen LogP contribution is -2.39. The van der Waals surface area contributed by atoms with E-state index in [0.29, 0.717) is 0 Å². The molecule has 0 fully saturated rings. The minimum Gasteiger partial charge on any atom is -0.303 e. The van der Waals surface area contributed by atoms with Gasteiger partial charge in [-0.15, -0.1) is 0 Å². The highest BCUT2D eigenvalue weighted by molar-refractivity contribution is 4.94. The van der Waals surface area contributed by atoms with Gasteiger partial charge in [0.25, 0.3) is 6.08 Å². The molecule has 1 unspecified atom stereocenters. The Morgan fingerprint density at radius 2 is 1.50 bits per heavy atom. The van der Waals surface area contributed by atoms with Gasteiger partial charge in [-0.1, -0.05) is 13.8 Å². The third-order valence-electron chi connectivity index (χ3n) is 1.56. The fourth-order valence-corrected chi connectivity index (χ4v) is 0.615. The SMILES string of the molecule is CC(C)C(F)(F)OC(C=C(F)F)C(F)(F)F. The Bertz CT molecular complexity index is 252. The normalized spacial score (nSPS) is 15.1. The van der Waals surface area contributed by atoms with Crippen LogP contribution in [-0.2, 0) is 4.74 Å². The molecule has 0 saturated carbocycles. The van der Waals surface area contributed by atoms with Gasteiger partial charge in [0, 0.05) is 12.0 Å². The molecule has 16 heavy (non-hydrogen) atoms. The number of alkyl halides is 5. The van der Waals surface area contributed by atoms with Crippen LogP contribution in [0.15, 0.2) is 12.2 Å². The molecule has 0 amide bonds. The van der Waals surface area contributed by atoms with E-state index in [4.69, 9.17) is 0 Å². The van der Waals surface area contributed by atoms with Crippen LogP contribution in [0, 0.1) is 5.92 Å². The molecule has 0 radical (unpaired) electrons. The molecule has 0 heterocycles. The van der Waals surface area contributed by atoms with Crippen LogP contribution in [0.4, 0.5) is 30.7 Å². The van der Waals surface area contributed by atoms with Crippen LogP contribution in [0.1, 0.15) is 13.8 Å². The van der Waals surface area contributed by atoms with E-state index >= 15 is 0 Å². The van der Waals surface area contributed by atoms with Crippen molar-refractivity contribution >= 4 is 0 Å². The molecule has 96 valence electrons. The Morgan fingerprint density at radius 1 is 1.06 bits per heavy atom. The van der Waals surface area contributed by atoms with Crippen molar-refractivity contribution in [3.63, 3.8) is 0 Å². The molecule has 1 nitrogen and oxygen atoms in total. The van der Waals surface area contributed by atoms with E-state index in [-0.39, 0.29) is 0 Å². The van der Waals surface area contributed by atoms with Crippen LogP contribution < -0.4 is 0 Å². The molecule has 0 aliphatic rings. The maximum atomic E-state index is 12.8. The Balaban J connectivity index is 4.90. The molecule has 8 heteroatoms. The first-order valence-corrected chi connectivity index (χ1v) is 4.12. The second kappa shape index (κ2) is 5.03. The van der Waals surface area contributed by atoms with Crippen molar-refractivity contribution in [3.05, 3.63) is 12.2 Å². The fraction of sp³-hybridized carbons (Fsp3) is 0.750. The molecular weight excluding hydrogens is 245 g/mol. The highest BCUT2D eigenvalue weighted by atomic mass is 19.4. The molecule has 0 aromatic rings. The highest BCUT2D eigenvalue weighted by Gasteiger charge is 2.47. The molecule has 0 N–H and O–H groups in total. The molecule has 0 spiro atoms. The smallest absolute Gasteiger partial charge is 0.303 e. The second-order valence-electron chi connectivity index (χ2n) is 3.25. The van der Waals surface area contributed by atoms with Gasteiger partial charge in [-0.2, -0.15) is 30.7 Å². The van der Waals surface area contributed by atoms with Crippen molar-refractivity contribution < 1.29 is 35.5 Å². The molecule has 0 aliphatic carbocycles. The van der Waals surface area contributed by atoms with Crippen molar-refractivity contribution in [3.8, 4) is 0 Å². The minimum absolute atomic E-state index is 0.698. The summed E-state index contributed by atoms with van der Waals surface area (Å²) in [5, 5.41) is 0. The largest absolute Gasteiger partial charge is 0.418 e. The van der Waals surface area contributed by atoms with E-state index in [1.54, 1.807) is 0 Å². The molecule has 0 rings (SSSR count). The summed E-state index contributed by atoms with van der Waals surface area (Å²) in [7, 11) is 0. The Kier molecular flexibility index (Phi) is 4.78. The third-order valence-corrected chi connectivity index (χ3v) is 1.56. The van der Waals surface area contributed by atoms with E-state index in [2.05, 4.69) is 4.74 Å². The average molecular weight is 254 g/mol. The summed E-state index contributed by atoms with van der Waals surface area (Å²) in [6, 6.07) is 0. The van der Waals surface area contributed by atoms with Gasteiger partial charge in [0.2, 0.25) is 0 Å². The van der Waals surface area contributed by atoms with Crippen molar-refractivity contribution in [1.82, 2.24) is 0 Å². The first-order chi connectivity index (χ1) is 6.97. The van der Waals surface area contributed by atoms with Crippen molar-refractivity contribution in [2.24, 2.45) is 5.92 Å². The summed E-state index contributed by atoms with van der Waals surface area (Å²) in [4.78, 5) is 0. The van der Waals surface area contributed by atoms with Gasteiger partial charge in [-0.05, 0) is 0 Å². The van der Waals surface area contributed by atoms with Gasteiger partial charge >= 0.3 is 12.3 Å². The van der Waals surface area contributed by atoms with Crippen LogP contribution in [0.2, 0.25) is 0 Å². The van der Waals surface area contributed by atoms with Gasteiger partial charge in [0.05, 0.1) is 0 Å². The summed E-state index contributed by atoms with van der Waals surface area (Å²) >= 11 is 0. The van der Waals surface area contributed by atoms with Crippen LogP contribution in [-0.4, -0.2) is 18.4 Å². The predicted octanol–water partition coefficient (Wildman–Crippen LogP) is 3.96. The lowest BCUT2D eigenvalue weighted by Gasteiger charge is -2.26. The first kappa shape index (κ1) is 15.2. The molecule has 0 aromatic carbocycles. The van der Waals surface area contributed by atoms with Gasteiger partial charge in [-0.25, -0.2) is 0 Å². The number of halogens is 7. The molecule has 0 aromatic heterocycles. The summed E-state index contributed by atoms with van der Waals surface area (Å²) < 4.78 is 88.3. The summed E-state index contributed by atoms with van der Waals surface area (Å²) in [6.07, 6.45) is -16.2. The quantitative estimate of drug-likeness (QED) is 0.690. The Labute approximate surface area is 86.9 Å². The monoisotopic (exact) mass is 254 g/mol. The van der Waals surface area contributed by atoms with Gasteiger partial charge < -0.3 is 4.74 Å². The first-order valence-electron chi connectivity index (χ1n) is 4.12. The molecule has 0 saturated heterocycles. The third kappa shape index (κ3) is 4.82. The topological polar surface area (TPSA) is 9.23 Å². The number of rotatable bonds is 4. The zero-order valence-electron chi connectivity index (χ0n) is 8.29. The maximum Gasteiger partial charge on any atom is 0.418 e. The summed E-state index contributed by atoms with van der Waals surface area (Å²) in [5.74, 6) is -1.56. The average Bonchev–Trinajstić information content (AvgIpc) is 1.99.